The van der Waals surface area contributed by atoms with Crippen molar-refractivity contribution in [1.29, 1.82) is 0 Å². The number of hydrogen-bond donors (Lipinski definition) is 1. The van der Waals surface area contributed by atoms with Gasteiger partial charge in [0.15, 0.2) is 0 Å². The first kappa shape index (κ1) is 13.8. The lowest BCUT2D eigenvalue weighted by atomic mass is 10.2. The number of aromatic nitrogens is 2. The van der Waals surface area contributed by atoms with Gasteiger partial charge in [-0.05, 0) is 31.8 Å². The van der Waals surface area contributed by atoms with Gasteiger partial charge in [-0.3, -0.25) is 10.00 Å². The molecule has 0 aliphatic carbocycles. The maximum Gasteiger partial charge on any atom is 0.412 e. The molecule has 0 radical (unpaired) electrons. The number of rotatable bonds is 2. The van der Waals surface area contributed by atoms with Gasteiger partial charge in [-0.2, -0.15) is 5.10 Å². The van der Waals surface area contributed by atoms with Crippen molar-refractivity contribution in [1.82, 2.24) is 9.78 Å². The Labute approximate surface area is 109 Å². The number of amides is 1. The van der Waals surface area contributed by atoms with E-state index in [1.54, 1.807) is 29.0 Å². The predicted molar refractivity (Wildman–Crippen MR) is 71.0 cm³/mol. The van der Waals surface area contributed by atoms with Crippen LogP contribution < -0.4 is 5.32 Å². The van der Waals surface area contributed by atoms with Gasteiger partial charge in [-0.25, -0.2) is 4.79 Å². The van der Waals surface area contributed by atoms with Crippen LogP contribution in [0.15, 0.2) is 11.2 Å². The Morgan fingerprint density at radius 2 is 2.24 bits per heavy atom. The summed E-state index contributed by atoms with van der Waals surface area (Å²) >= 11 is 3.19. The van der Waals surface area contributed by atoms with Crippen LogP contribution in [0.3, 0.4) is 0 Å². The van der Waals surface area contributed by atoms with E-state index in [2.05, 4.69) is 26.3 Å². The summed E-state index contributed by atoms with van der Waals surface area (Å²) in [5.41, 5.74) is 0.878. The Bertz CT molecular complexity index is 432. The second-order valence-electron chi connectivity index (χ2n) is 4.49. The van der Waals surface area contributed by atoms with E-state index >= 15 is 0 Å². The molecule has 17 heavy (non-hydrogen) atoms. The zero-order chi connectivity index (χ0) is 13.1. The van der Waals surface area contributed by atoms with Crippen molar-refractivity contribution in [3.63, 3.8) is 0 Å². The largest absolute Gasteiger partial charge is 0.444 e. The van der Waals surface area contributed by atoms with Crippen molar-refractivity contribution in [2.75, 3.05) is 5.32 Å². The van der Waals surface area contributed by atoms with Crippen LogP contribution in [0.1, 0.15) is 26.5 Å². The van der Waals surface area contributed by atoms with E-state index in [4.69, 9.17) is 4.74 Å². The summed E-state index contributed by atoms with van der Waals surface area (Å²) in [4.78, 5) is 13.3. The SMILES string of the molecule is Cn1ncc(NC(=O)OC(C)(C)C)c1/C=C/Br. The van der Waals surface area contributed by atoms with E-state index in [0.29, 0.717) is 5.69 Å². The van der Waals surface area contributed by atoms with Gasteiger partial charge in [0.1, 0.15) is 5.60 Å². The highest BCUT2D eigenvalue weighted by Crippen LogP contribution is 2.18. The fourth-order valence-electron chi connectivity index (χ4n) is 1.21. The minimum absolute atomic E-state index is 0.491. The Morgan fingerprint density at radius 3 is 2.76 bits per heavy atom. The van der Waals surface area contributed by atoms with E-state index in [0.717, 1.165) is 5.69 Å². The lowest BCUT2D eigenvalue weighted by Gasteiger charge is -2.19. The predicted octanol–water partition coefficient (Wildman–Crippen LogP) is 3.13. The first-order chi connectivity index (χ1) is 7.83. The molecule has 0 aliphatic heterocycles. The molecule has 0 bridgehead atoms. The third kappa shape index (κ3) is 4.22. The second kappa shape index (κ2) is 5.35. The summed E-state index contributed by atoms with van der Waals surface area (Å²) in [7, 11) is 1.79. The molecular formula is C11H16BrN3O2. The smallest absolute Gasteiger partial charge is 0.412 e. The summed E-state index contributed by atoms with van der Waals surface area (Å²) < 4.78 is 6.82. The van der Waals surface area contributed by atoms with Crippen molar-refractivity contribution in [3.8, 4) is 0 Å². The maximum absolute atomic E-state index is 11.6. The molecule has 0 aromatic carbocycles. The van der Waals surface area contributed by atoms with Crippen LogP contribution in [0, 0.1) is 0 Å². The standard InChI is InChI=1S/C11H16BrN3O2/c1-11(2,3)17-10(16)14-8-7-13-15(4)9(8)5-6-12/h5-7H,1-4H3,(H,14,16)/b6-5+. The van der Waals surface area contributed by atoms with Crippen LogP contribution in [0.2, 0.25) is 0 Å². The number of hydrogen-bond acceptors (Lipinski definition) is 3. The van der Waals surface area contributed by atoms with Gasteiger partial charge >= 0.3 is 6.09 Å². The quantitative estimate of drug-likeness (QED) is 0.913. The van der Waals surface area contributed by atoms with Gasteiger partial charge in [0.25, 0.3) is 0 Å². The summed E-state index contributed by atoms with van der Waals surface area (Å²) in [6.45, 7) is 5.44. The third-order valence-corrected chi connectivity index (χ3v) is 2.11. The molecule has 1 amide bonds. The van der Waals surface area contributed by atoms with Crippen molar-refractivity contribution >= 4 is 33.8 Å². The Morgan fingerprint density at radius 1 is 1.59 bits per heavy atom. The molecule has 0 saturated carbocycles. The van der Waals surface area contributed by atoms with Gasteiger partial charge in [0.2, 0.25) is 0 Å². The van der Waals surface area contributed by atoms with Crippen molar-refractivity contribution < 1.29 is 9.53 Å². The number of carbonyl (C=O) groups is 1. The van der Waals surface area contributed by atoms with Crippen LogP contribution in [-0.4, -0.2) is 21.5 Å². The number of halogens is 1. The highest BCUT2D eigenvalue weighted by Gasteiger charge is 2.17. The van der Waals surface area contributed by atoms with E-state index in [-0.39, 0.29) is 0 Å². The Kier molecular flexibility index (Phi) is 4.34. The molecule has 94 valence electrons. The lowest BCUT2D eigenvalue weighted by molar-refractivity contribution is 0.0636. The Balaban J connectivity index is 2.78. The molecule has 1 rings (SSSR count). The number of nitrogens with zero attached hydrogens (tertiary/aromatic N) is 2. The Hall–Kier alpha value is -1.30. The van der Waals surface area contributed by atoms with Crippen LogP contribution in [0.4, 0.5) is 10.5 Å². The average molecular weight is 302 g/mol. The maximum atomic E-state index is 11.6. The van der Waals surface area contributed by atoms with Gasteiger partial charge < -0.3 is 4.74 Å². The minimum atomic E-state index is -0.516. The van der Waals surface area contributed by atoms with Crippen LogP contribution in [0.5, 0.6) is 0 Å². The number of anilines is 1. The molecule has 6 heteroatoms. The van der Waals surface area contributed by atoms with E-state index in [9.17, 15) is 4.79 Å². The van der Waals surface area contributed by atoms with Gasteiger partial charge in [-0.15, -0.1) is 0 Å². The van der Waals surface area contributed by atoms with Crippen LogP contribution in [-0.2, 0) is 11.8 Å². The summed E-state index contributed by atoms with van der Waals surface area (Å²) in [6, 6.07) is 0. The van der Waals surface area contributed by atoms with Gasteiger partial charge in [-0.1, -0.05) is 15.9 Å². The number of nitrogens with one attached hydrogen (secondary N) is 1. The number of aryl methyl sites for hydroxylation is 1. The molecule has 1 aromatic heterocycles. The molecule has 0 fully saturated rings. The van der Waals surface area contributed by atoms with E-state index in [1.165, 1.54) is 0 Å². The van der Waals surface area contributed by atoms with Crippen molar-refractivity contribution in [2.24, 2.45) is 7.05 Å². The van der Waals surface area contributed by atoms with Crippen molar-refractivity contribution in [3.05, 3.63) is 16.9 Å². The summed E-state index contributed by atoms with van der Waals surface area (Å²) in [6.07, 6.45) is 2.88. The highest BCUT2D eigenvalue weighted by molar-refractivity contribution is 9.11. The minimum Gasteiger partial charge on any atom is -0.444 e. The fraction of sp³-hybridized carbons (Fsp3) is 0.455. The second-order valence-corrected chi connectivity index (χ2v) is 5.02. The number of carbonyl (C=O) groups excluding carboxylic acids is 1. The molecule has 0 unspecified atom stereocenters. The molecule has 1 aromatic rings. The van der Waals surface area contributed by atoms with Gasteiger partial charge in [0, 0.05) is 7.05 Å². The molecule has 5 nitrogen and oxygen atoms in total. The normalized spacial score (nSPS) is 11.8. The van der Waals surface area contributed by atoms with E-state index in [1.807, 2.05) is 20.8 Å². The molecular weight excluding hydrogens is 286 g/mol. The van der Waals surface area contributed by atoms with Crippen LogP contribution >= 0.6 is 15.9 Å². The molecule has 0 saturated heterocycles. The molecule has 0 atom stereocenters. The molecule has 0 aliphatic rings. The topological polar surface area (TPSA) is 56.2 Å². The average Bonchev–Trinajstić information content (AvgIpc) is 2.47. The number of ether oxygens (including phenoxy) is 1. The zero-order valence-corrected chi connectivity index (χ0v) is 11.9. The lowest BCUT2D eigenvalue weighted by Crippen LogP contribution is -2.27. The first-order valence-electron chi connectivity index (χ1n) is 5.12. The van der Waals surface area contributed by atoms with Crippen LogP contribution in [0.25, 0.3) is 6.08 Å². The molecule has 1 heterocycles. The zero-order valence-electron chi connectivity index (χ0n) is 10.3. The van der Waals surface area contributed by atoms with Gasteiger partial charge in [0.05, 0.1) is 17.6 Å². The molecule has 1 N–H and O–H groups in total. The third-order valence-electron chi connectivity index (χ3n) is 1.84. The first-order valence-corrected chi connectivity index (χ1v) is 6.04. The highest BCUT2D eigenvalue weighted by atomic mass is 79.9. The summed E-state index contributed by atoms with van der Waals surface area (Å²) in [5.74, 6) is 0. The van der Waals surface area contributed by atoms with E-state index < -0.39 is 11.7 Å². The molecule has 0 spiro atoms. The van der Waals surface area contributed by atoms with Crippen molar-refractivity contribution in [2.45, 2.75) is 26.4 Å². The fourth-order valence-corrected chi connectivity index (χ4v) is 1.46. The summed E-state index contributed by atoms with van der Waals surface area (Å²) in [5, 5.41) is 6.72. The monoisotopic (exact) mass is 301 g/mol.